The smallest absolute Gasteiger partial charge is 0.422 e. The first kappa shape index (κ1) is 18.2. The van der Waals surface area contributed by atoms with Gasteiger partial charge in [0.05, 0.1) is 6.04 Å². The first-order valence-corrected chi connectivity index (χ1v) is 8.54. The number of halogens is 3. The van der Waals surface area contributed by atoms with Crippen LogP contribution in [0.5, 0.6) is 0 Å². The Kier molecular flexibility index (Phi) is 4.02. The summed E-state index contributed by atoms with van der Waals surface area (Å²) in [5, 5.41) is 7.48. The summed E-state index contributed by atoms with van der Waals surface area (Å²) < 4.78 is 45.4. The minimum Gasteiger partial charge on any atom is -0.422 e. The van der Waals surface area contributed by atoms with Crippen molar-refractivity contribution in [2.45, 2.75) is 32.6 Å². The molecule has 28 heavy (non-hydrogen) atoms. The van der Waals surface area contributed by atoms with Crippen molar-refractivity contribution in [3.8, 4) is 0 Å². The number of benzene rings is 1. The van der Waals surface area contributed by atoms with E-state index in [9.17, 15) is 22.8 Å². The number of rotatable bonds is 1. The standard InChI is InChI=1S/C18H15F3N4O3/c1-9-11-5-3-4-6-12(11)28-16(27)13(9)15(26)24-7-8-25-14(10(24)2)22-23-17(25)18(19,20)21/h3-6,10H,7-8H2,1-2H3. The van der Waals surface area contributed by atoms with Crippen LogP contribution in [0, 0.1) is 6.92 Å². The van der Waals surface area contributed by atoms with Crippen molar-refractivity contribution in [2.75, 3.05) is 6.54 Å². The van der Waals surface area contributed by atoms with Gasteiger partial charge in [-0.1, -0.05) is 18.2 Å². The number of aryl methyl sites for hydroxylation is 1. The van der Waals surface area contributed by atoms with Gasteiger partial charge in [-0.25, -0.2) is 4.79 Å². The summed E-state index contributed by atoms with van der Waals surface area (Å²) in [6, 6.07) is 6.05. The molecule has 146 valence electrons. The molecule has 1 aromatic carbocycles. The largest absolute Gasteiger partial charge is 0.451 e. The van der Waals surface area contributed by atoms with Crippen LogP contribution in [0.1, 0.15) is 40.5 Å². The van der Waals surface area contributed by atoms with Crippen LogP contribution in [0.4, 0.5) is 13.2 Å². The molecule has 0 saturated heterocycles. The van der Waals surface area contributed by atoms with E-state index >= 15 is 0 Å². The van der Waals surface area contributed by atoms with E-state index in [2.05, 4.69) is 10.2 Å². The molecule has 1 aliphatic rings. The average Bonchev–Trinajstić information content (AvgIpc) is 3.07. The second-order valence-corrected chi connectivity index (χ2v) is 6.59. The zero-order valence-corrected chi connectivity index (χ0v) is 14.9. The lowest BCUT2D eigenvalue weighted by molar-refractivity contribution is -0.148. The molecule has 2 aromatic heterocycles. The molecule has 0 fully saturated rings. The molecule has 1 aliphatic heterocycles. The van der Waals surface area contributed by atoms with Crippen LogP contribution in [0.25, 0.3) is 11.0 Å². The number of fused-ring (bicyclic) bond motifs is 2. The van der Waals surface area contributed by atoms with Crippen molar-refractivity contribution in [3.05, 3.63) is 57.5 Å². The fraction of sp³-hybridized carbons (Fsp3) is 0.333. The van der Waals surface area contributed by atoms with Gasteiger partial charge in [-0.05, 0) is 25.5 Å². The molecule has 4 rings (SSSR count). The first-order valence-electron chi connectivity index (χ1n) is 8.54. The maximum absolute atomic E-state index is 13.1. The monoisotopic (exact) mass is 392 g/mol. The SMILES string of the molecule is Cc1c(C(=O)N2CCn3c(nnc3C(F)(F)F)C2C)c(=O)oc2ccccc12. The molecule has 1 atom stereocenters. The van der Waals surface area contributed by atoms with Gasteiger partial charge >= 0.3 is 11.8 Å². The summed E-state index contributed by atoms with van der Waals surface area (Å²) in [4.78, 5) is 26.8. The normalized spacial score (nSPS) is 17.0. The van der Waals surface area contributed by atoms with Crippen molar-refractivity contribution in [1.29, 1.82) is 0 Å². The van der Waals surface area contributed by atoms with Gasteiger partial charge in [-0.3, -0.25) is 4.79 Å². The number of para-hydroxylation sites is 1. The highest BCUT2D eigenvalue weighted by molar-refractivity contribution is 5.99. The highest BCUT2D eigenvalue weighted by Gasteiger charge is 2.42. The first-order chi connectivity index (χ1) is 13.2. The van der Waals surface area contributed by atoms with Crippen LogP contribution in [0.2, 0.25) is 0 Å². The maximum atomic E-state index is 13.1. The second-order valence-electron chi connectivity index (χ2n) is 6.59. The van der Waals surface area contributed by atoms with Crippen LogP contribution in [-0.2, 0) is 12.7 Å². The summed E-state index contributed by atoms with van der Waals surface area (Å²) in [6.45, 7) is 3.06. The van der Waals surface area contributed by atoms with E-state index in [1.807, 2.05) is 0 Å². The van der Waals surface area contributed by atoms with Gasteiger partial charge in [0.15, 0.2) is 5.82 Å². The molecule has 10 heteroatoms. The Morgan fingerprint density at radius 3 is 2.64 bits per heavy atom. The molecule has 3 aromatic rings. The van der Waals surface area contributed by atoms with Gasteiger partial charge in [0.2, 0.25) is 5.82 Å². The van der Waals surface area contributed by atoms with Crippen LogP contribution in [0.15, 0.2) is 33.5 Å². The van der Waals surface area contributed by atoms with Gasteiger partial charge in [-0.2, -0.15) is 13.2 Å². The molecular weight excluding hydrogens is 377 g/mol. The predicted molar refractivity (Wildman–Crippen MR) is 91.7 cm³/mol. The van der Waals surface area contributed by atoms with E-state index in [4.69, 9.17) is 4.42 Å². The van der Waals surface area contributed by atoms with Gasteiger partial charge in [0.25, 0.3) is 5.91 Å². The molecule has 3 heterocycles. The fourth-order valence-corrected chi connectivity index (χ4v) is 3.57. The number of carbonyl (C=O) groups excluding carboxylic acids is 1. The number of amides is 1. The summed E-state index contributed by atoms with van der Waals surface area (Å²) >= 11 is 0. The van der Waals surface area contributed by atoms with Crippen LogP contribution in [-0.4, -0.2) is 32.1 Å². The number of hydrogen-bond donors (Lipinski definition) is 0. The number of aromatic nitrogens is 3. The molecular formula is C18H15F3N4O3. The van der Waals surface area contributed by atoms with E-state index in [1.54, 1.807) is 38.1 Å². The third-order valence-electron chi connectivity index (χ3n) is 4.99. The lowest BCUT2D eigenvalue weighted by atomic mass is 10.0. The Balaban J connectivity index is 1.75. The molecule has 1 unspecified atom stereocenters. The zero-order valence-electron chi connectivity index (χ0n) is 14.9. The fourth-order valence-electron chi connectivity index (χ4n) is 3.57. The molecule has 0 N–H and O–H groups in total. The molecule has 0 saturated carbocycles. The van der Waals surface area contributed by atoms with Gasteiger partial charge < -0.3 is 13.9 Å². The molecule has 1 amide bonds. The van der Waals surface area contributed by atoms with E-state index in [0.29, 0.717) is 16.5 Å². The van der Waals surface area contributed by atoms with E-state index in [0.717, 1.165) is 4.57 Å². The maximum Gasteiger partial charge on any atom is 0.451 e. The number of nitrogens with zero attached hydrogens (tertiary/aromatic N) is 4. The minimum absolute atomic E-state index is 0.0141. The number of alkyl halides is 3. The van der Waals surface area contributed by atoms with Crippen molar-refractivity contribution in [1.82, 2.24) is 19.7 Å². The Bertz CT molecular complexity index is 1150. The Morgan fingerprint density at radius 1 is 1.21 bits per heavy atom. The highest BCUT2D eigenvalue weighted by atomic mass is 19.4. The molecule has 0 spiro atoms. The molecule has 0 aliphatic carbocycles. The van der Waals surface area contributed by atoms with Crippen LogP contribution in [0.3, 0.4) is 0 Å². The number of hydrogen-bond acceptors (Lipinski definition) is 5. The molecule has 0 bridgehead atoms. The zero-order chi connectivity index (χ0) is 20.2. The van der Waals surface area contributed by atoms with Crippen LogP contribution >= 0.6 is 0 Å². The topological polar surface area (TPSA) is 81.2 Å². The molecule has 0 radical (unpaired) electrons. The summed E-state index contributed by atoms with van der Waals surface area (Å²) in [5.74, 6) is -1.68. The summed E-state index contributed by atoms with van der Waals surface area (Å²) in [6.07, 6.45) is -4.63. The summed E-state index contributed by atoms with van der Waals surface area (Å²) in [5.41, 5.74) is -0.0825. The molecule has 7 nitrogen and oxygen atoms in total. The van der Waals surface area contributed by atoms with Gasteiger partial charge in [-0.15, -0.1) is 10.2 Å². The van der Waals surface area contributed by atoms with E-state index < -0.39 is 29.6 Å². The van der Waals surface area contributed by atoms with Crippen molar-refractivity contribution in [3.63, 3.8) is 0 Å². The third-order valence-corrected chi connectivity index (χ3v) is 4.99. The Labute approximate surface area is 156 Å². The predicted octanol–water partition coefficient (Wildman–Crippen LogP) is 2.93. The quantitative estimate of drug-likeness (QED) is 0.595. The van der Waals surface area contributed by atoms with Crippen molar-refractivity contribution in [2.24, 2.45) is 0 Å². The third kappa shape index (κ3) is 2.67. The highest BCUT2D eigenvalue weighted by Crippen LogP contribution is 2.33. The Morgan fingerprint density at radius 2 is 1.93 bits per heavy atom. The lowest BCUT2D eigenvalue weighted by Crippen LogP contribution is -2.43. The van der Waals surface area contributed by atoms with Crippen LogP contribution < -0.4 is 5.63 Å². The van der Waals surface area contributed by atoms with E-state index in [1.165, 1.54) is 4.90 Å². The van der Waals surface area contributed by atoms with E-state index in [-0.39, 0.29) is 24.5 Å². The minimum atomic E-state index is -4.63. The van der Waals surface area contributed by atoms with Crippen molar-refractivity contribution >= 4 is 16.9 Å². The number of carbonyl (C=O) groups is 1. The average molecular weight is 392 g/mol. The Hall–Kier alpha value is -3.17. The van der Waals surface area contributed by atoms with Crippen molar-refractivity contribution < 1.29 is 22.4 Å². The van der Waals surface area contributed by atoms with Gasteiger partial charge in [0, 0.05) is 18.5 Å². The lowest BCUT2D eigenvalue weighted by Gasteiger charge is -2.33. The second kappa shape index (κ2) is 6.18. The summed E-state index contributed by atoms with van der Waals surface area (Å²) in [7, 11) is 0. The van der Waals surface area contributed by atoms with Gasteiger partial charge in [0.1, 0.15) is 11.1 Å².